The molecule has 0 aromatic carbocycles. The normalized spacial score (nSPS) is 18.7. The number of hydrogen-bond donors (Lipinski definition) is 2. The molecule has 1 unspecified atom stereocenters. The van der Waals surface area contributed by atoms with Crippen molar-refractivity contribution in [1.29, 1.82) is 0 Å². The molecule has 3 N–H and O–H groups in total. The summed E-state index contributed by atoms with van der Waals surface area (Å²) in [5, 5.41) is 3.00. The minimum atomic E-state index is -0.389. The van der Waals surface area contributed by atoms with Gasteiger partial charge in [-0.05, 0) is 32.1 Å². The highest BCUT2D eigenvalue weighted by Gasteiger charge is 2.27. The number of halogens is 1. The minimum Gasteiger partial charge on any atom is -0.348 e. The highest BCUT2D eigenvalue weighted by atomic mass is 35.5. The molecule has 0 aliphatic carbocycles. The zero-order chi connectivity index (χ0) is 15.2. The second-order valence-electron chi connectivity index (χ2n) is 6.54. The van der Waals surface area contributed by atoms with Crippen LogP contribution in [0.3, 0.4) is 0 Å². The SMILES string of the molecule is CC(C)CC(C)(CN)NC(=O)CN1CCCCCC1=O.Cl. The maximum absolute atomic E-state index is 12.2. The molecule has 1 aliphatic heterocycles. The Hall–Kier alpha value is -0.810. The number of carbonyl (C=O) groups excluding carboxylic acids is 2. The predicted molar refractivity (Wildman–Crippen MR) is 87.4 cm³/mol. The lowest BCUT2D eigenvalue weighted by molar-refractivity contribution is -0.136. The summed E-state index contributed by atoms with van der Waals surface area (Å²) in [7, 11) is 0. The molecule has 21 heavy (non-hydrogen) atoms. The molecule has 1 fully saturated rings. The molecule has 0 saturated carbocycles. The molecule has 0 bridgehead atoms. The number of rotatable bonds is 6. The summed E-state index contributed by atoms with van der Waals surface area (Å²) in [4.78, 5) is 25.7. The van der Waals surface area contributed by atoms with Crippen molar-refractivity contribution in [3.8, 4) is 0 Å². The maximum atomic E-state index is 12.2. The number of nitrogens with one attached hydrogen (secondary N) is 1. The summed E-state index contributed by atoms with van der Waals surface area (Å²) >= 11 is 0. The topological polar surface area (TPSA) is 75.4 Å². The number of likely N-dealkylation sites (tertiary alicyclic amines) is 1. The molecule has 6 heteroatoms. The van der Waals surface area contributed by atoms with Gasteiger partial charge in [0.2, 0.25) is 11.8 Å². The number of carbonyl (C=O) groups is 2. The summed E-state index contributed by atoms with van der Waals surface area (Å²) in [6.07, 6.45) is 4.39. The first-order chi connectivity index (χ1) is 9.36. The maximum Gasteiger partial charge on any atom is 0.240 e. The third-order valence-corrected chi connectivity index (χ3v) is 3.76. The molecule has 5 nitrogen and oxygen atoms in total. The van der Waals surface area contributed by atoms with Crippen LogP contribution in [-0.4, -0.2) is 41.9 Å². The Bertz CT molecular complexity index is 350. The highest BCUT2D eigenvalue weighted by molar-refractivity contribution is 5.85. The molecule has 2 amide bonds. The van der Waals surface area contributed by atoms with Crippen molar-refractivity contribution in [1.82, 2.24) is 10.2 Å². The predicted octanol–water partition coefficient (Wildman–Crippen LogP) is 1.69. The third-order valence-electron chi connectivity index (χ3n) is 3.76. The number of nitrogens with zero attached hydrogens (tertiary/aromatic N) is 1. The van der Waals surface area contributed by atoms with Gasteiger partial charge < -0.3 is 16.0 Å². The first-order valence-corrected chi connectivity index (χ1v) is 7.65. The number of amides is 2. The van der Waals surface area contributed by atoms with Crippen molar-refractivity contribution >= 4 is 24.2 Å². The van der Waals surface area contributed by atoms with Crippen molar-refractivity contribution in [2.45, 2.75) is 58.4 Å². The van der Waals surface area contributed by atoms with Gasteiger partial charge in [-0.3, -0.25) is 9.59 Å². The number of hydrogen-bond acceptors (Lipinski definition) is 3. The summed E-state index contributed by atoms with van der Waals surface area (Å²) in [5.41, 5.74) is 5.41. The molecule has 1 rings (SSSR count). The molecule has 1 saturated heterocycles. The van der Waals surface area contributed by atoms with E-state index in [1.165, 1.54) is 0 Å². The molecule has 0 aromatic rings. The van der Waals surface area contributed by atoms with Crippen LogP contribution in [-0.2, 0) is 9.59 Å². The van der Waals surface area contributed by atoms with E-state index >= 15 is 0 Å². The van der Waals surface area contributed by atoms with E-state index in [0.29, 0.717) is 25.4 Å². The van der Waals surface area contributed by atoms with Gasteiger partial charge in [0.05, 0.1) is 6.54 Å². The zero-order valence-electron chi connectivity index (χ0n) is 13.5. The average Bonchev–Trinajstić information content (AvgIpc) is 2.54. The van der Waals surface area contributed by atoms with Gasteiger partial charge in [-0.25, -0.2) is 0 Å². The van der Waals surface area contributed by atoms with E-state index in [-0.39, 0.29) is 36.3 Å². The largest absolute Gasteiger partial charge is 0.348 e. The lowest BCUT2D eigenvalue weighted by Gasteiger charge is -2.32. The molecule has 0 spiro atoms. The Morgan fingerprint density at radius 3 is 2.62 bits per heavy atom. The Morgan fingerprint density at radius 1 is 1.38 bits per heavy atom. The van der Waals surface area contributed by atoms with E-state index in [1.54, 1.807) is 4.90 Å². The van der Waals surface area contributed by atoms with Gasteiger partial charge in [0.15, 0.2) is 0 Å². The molecule has 0 aromatic heterocycles. The van der Waals surface area contributed by atoms with E-state index in [4.69, 9.17) is 5.73 Å². The quantitative estimate of drug-likeness (QED) is 0.782. The van der Waals surface area contributed by atoms with Crippen molar-refractivity contribution in [2.75, 3.05) is 19.6 Å². The lowest BCUT2D eigenvalue weighted by Crippen LogP contribution is -2.54. The monoisotopic (exact) mass is 319 g/mol. The molecular weight excluding hydrogens is 290 g/mol. The van der Waals surface area contributed by atoms with Crippen LogP contribution in [0, 0.1) is 5.92 Å². The molecule has 0 radical (unpaired) electrons. The van der Waals surface area contributed by atoms with Gasteiger partial charge in [-0.15, -0.1) is 12.4 Å². The molecule has 1 aliphatic rings. The zero-order valence-corrected chi connectivity index (χ0v) is 14.3. The van der Waals surface area contributed by atoms with Gasteiger partial charge in [0.25, 0.3) is 0 Å². The van der Waals surface area contributed by atoms with Crippen LogP contribution in [0.1, 0.15) is 52.9 Å². The standard InChI is InChI=1S/C15H29N3O2.ClH/c1-12(2)9-15(3,11-16)17-13(19)10-18-8-6-4-5-7-14(18)20;/h12H,4-11,16H2,1-3H3,(H,17,19);1H. The molecule has 124 valence electrons. The van der Waals surface area contributed by atoms with E-state index in [9.17, 15) is 9.59 Å². The Morgan fingerprint density at radius 2 is 2.05 bits per heavy atom. The van der Waals surface area contributed by atoms with Gasteiger partial charge >= 0.3 is 0 Å². The van der Waals surface area contributed by atoms with E-state index in [2.05, 4.69) is 19.2 Å². The van der Waals surface area contributed by atoms with Crippen LogP contribution in [0.25, 0.3) is 0 Å². The molecule has 1 atom stereocenters. The van der Waals surface area contributed by atoms with Crippen LogP contribution in [0.2, 0.25) is 0 Å². The Balaban J connectivity index is 0.00000400. The van der Waals surface area contributed by atoms with Crippen LogP contribution in [0.5, 0.6) is 0 Å². The smallest absolute Gasteiger partial charge is 0.240 e. The fourth-order valence-corrected chi connectivity index (χ4v) is 2.84. The van der Waals surface area contributed by atoms with Crippen molar-refractivity contribution in [3.05, 3.63) is 0 Å². The highest BCUT2D eigenvalue weighted by Crippen LogP contribution is 2.16. The van der Waals surface area contributed by atoms with Crippen LogP contribution in [0.15, 0.2) is 0 Å². The van der Waals surface area contributed by atoms with Crippen molar-refractivity contribution < 1.29 is 9.59 Å². The third kappa shape index (κ3) is 7.14. The second-order valence-corrected chi connectivity index (χ2v) is 6.54. The van der Waals surface area contributed by atoms with Crippen LogP contribution >= 0.6 is 12.4 Å². The first-order valence-electron chi connectivity index (χ1n) is 7.65. The fourth-order valence-electron chi connectivity index (χ4n) is 2.84. The van der Waals surface area contributed by atoms with Gasteiger partial charge in [0.1, 0.15) is 0 Å². The van der Waals surface area contributed by atoms with Crippen LogP contribution < -0.4 is 11.1 Å². The van der Waals surface area contributed by atoms with Gasteiger partial charge in [0, 0.05) is 25.0 Å². The van der Waals surface area contributed by atoms with Gasteiger partial charge in [-0.2, -0.15) is 0 Å². The lowest BCUT2D eigenvalue weighted by atomic mass is 9.90. The van der Waals surface area contributed by atoms with Crippen molar-refractivity contribution in [2.24, 2.45) is 11.7 Å². The van der Waals surface area contributed by atoms with Gasteiger partial charge in [-0.1, -0.05) is 20.3 Å². The summed E-state index contributed by atoms with van der Waals surface area (Å²) in [6, 6.07) is 0. The van der Waals surface area contributed by atoms with E-state index < -0.39 is 0 Å². The first kappa shape index (κ1) is 20.2. The summed E-state index contributed by atoms with van der Waals surface area (Å²) < 4.78 is 0. The van der Waals surface area contributed by atoms with Crippen molar-refractivity contribution in [3.63, 3.8) is 0 Å². The Labute approximate surface area is 134 Å². The second kappa shape index (κ2) is 9.26. The van der Waals surface area contributed by atoms with Crippen LogP contribution in [0.4, 0.5) is 0 Å². The summed E-state index contributed by atoms with van der Waals surface area (Å²) in [5.74, 6) is 0.452. The Kier molecular flexibility index (Phi) is 8.90. The molecule has 1 heterocycles. The molecular formula is C15H30ClN3O2. The van der Waals surface area contributed by atoms with E-state index in [1.807, 2.05) is 6.92 Å². The fraction of sp³-hybridized carbons (Fsp3) is 0.867. The summed E-state index contributed by atoms with van der Waals surface area (Å²) in [6.45, 7) is 7.44. The average molecular weight is 320 g/mol. The minimum absolute atomic E-state index is 0. The van der Waals surface area contributed by atoms with E-state index in [0.717, 1.165) is 25.7 Å². The number of nitrogens with two attached hydrogens (primary N) is 1.